The second-order valence-electron chi connectivity index (χ2n) is 4.52. The van der Waals surface area contributed by atoms with Gasteiger partial charge in [0, 0.05) is 11.9 Å². The van der Waals surface area contributed by atoms with Gasteiger partial charge in [-0.2, -0.15) is 0 Å². The van der Waals surface area contributed by atoms with Gasteiger partial charge < -0.3 is 20.1 Å². The minimum Gasteiger partial charge on any atom is -0.481 e. The first-order valence-electron chi connectivity index (χ1n) is 6.04. The molecule has 2 atom stereocenters. The molecule has 1 aliphatic rings. The number of rotatable bonds is 4. The molecule has 0 bridgehead atoms. The lowest BCUT2D eigenvalue weighted by Gasteiger charge is -2.26. The molecule has 1 aromatic heterocycles. The van der Waals surface area contributed by atoms with E-state index >= 15 is 0 Å². The van der Waals surface area contributed by atoms with Gasteiger partial charge >= 0.3 is 12.0 Å². The highest BCUT2D eigenvalue weighted by Crippen LogP contribution is 2.22. The first-order valence-corrected chi connectivity index (χ1v) is 7.24. The van der Waals surface area contributed by atoms with Crippen LogP contribution in [0.4, 0.5) is 4.79 Å². The Hall–Kier alpha value is -1.31. The van der Waals surface area contributed by atoms with Gasteiger partial charge in [-0.05, 0) is 12.1 Å². The second kappa shape index (κ2) is 6.43. The fourth-order valence-electron chi connectivity index (χ4n) is 2.05. The largest absolute Gasteiger partial charge is 0.481 e. The maximum Gasteiger partial charge on any atom is 0.317 e. The van der Waals surface area contributed by atoms with Crippen molar-refractivity contribution in [3.8, 4) is 0 Å². The molecule has 0 spiro atoms. The molecule has 2 heterocycles. The quantitative estimate of drug-likeness (QED) is 0.884. The molecule has 20 heavy (non-hydrogen) atoms. The van der Waals surface area contributed by atoms with Gasteiger partial charge in [-0.15, -0.1) is 11.3 Å². The molecule has 6 nitrogen and oxygen atoms in total. The Bertz CT molecular complexity index is 507. The number of carboxylic acids is 1. The summed E-state index contributed by atoms with van der Waals surface area (Å²) < 4.78 is 5.82. The number of likely N-dealkylation sites (N-methyl/N-ethyl adjacent to an activating group) is 1. The lowest BCUT2D eigenvalue weighted by Crippen LogP contribution is -2.48. The van der Waals surface area contributed by atoms with Gasteiger partial charge in [0.2, 0.25) is 0 Å². The number of ether oxygens (including phenoxy) is 1. The predicted octanol–water partition coefficient (Wildman–Crippen LogP) is 1.64. The normalized spacial score (nSPS) is 21.7. The number of carbonyl (C=O) groups is 2. The zero-order valence-electron chi connectivity index (χ0n) is 10.8. The van der Waals surface area contributed by atoms with E-state index in [2.05, 4.69) is 5.32 Å². The van der Waals surface area contributed by atoms with E-state index in [-0.39, 0.29) is 19.2 Å². The summed E-state index contributed by atoms with van der Waals surface area (Å²) in [6.45, 7) is 0.746. The number of carboxylic acid groups (broad SMARTS) is 1. The number of hydrogen-bond donors (Lipinski definition) is 2. The van der Waals surface area contributed by atoms with Crippen LogP contribution in [0.15, 0.2) is 12.1 Å². The van der Waals surface area contributed by atoms with Gasteiger partial charge in [0.1, 0.15) is 5.92 Å². The van der Waals surface area contributed by atoms with Gasteiger partial charge in [-0.25, -0.2) is 4.79 Å². The van der Waals surface area contributed by atoms with Crippen LogP contribution in [0.2, 0.25) is 4.34 Å². The predicted molar refractivity (Wildman–Crippen MR) is 75.1 cm³/mol. The Morgan fingerprint density at radius 1 is 1.55 bits per heavy atom. The maximum atomic E-state index is 12.0. The lowest BCUT2D eigenvalue weighted by atomic mass is 10.0. The number of aliphatic carboxylic acids is 1. The second-order valence-corrected chi connectivity index (χ2v) is 6.32. The Balaban J connectivity index is 1.90. The van der Waals surface area contributed by atoms with Gasteiger partial charge in [-0.3, -0.25) is 4.79 Å². The molecule has 0 aromatic carbocycles. The highest BCUT2D eigenvalue weighted by atomic mass is 35.5. The first-order chi connectivity index (χ1) is 9.49. The Morgan fingerprint density at radius 3 is 2.90 bits per heavy atom. The molecule has 1 aliphatic heterocycles. The number of urea groups is 1. The number of nitrogens with one attached hydrogen (secondary N) is 1. The zero-order valence-corrected chi connectivity index (χ0v) is 12.4. The van der Waals surface area contributed by atoms with E-state index in [0.29, 0.717) is 10.9 Å². The minimum atomic E-state index is -0.947. The third kappa shape index (κ3) is 3.41. The highest BCUT2D eigenvalue weighted by Gasteiger charge is 2.38. The van der Waals surface area contributed by atoms with E-state index in [1.54, 1.807) is 13.1 Å². The van der Waals surface area contributed by atoms with E-state index < -0.39 is 17.9 Å². The molecule has 0 radical (unpaired) electrons. The summed E-state index contributed by atoms with van der Waals surface area (Å²) in [5, 5.41) is 11.8. The zero-order chi connectivity index (χ0) is 14.7. The number of nitrogens with zero attached hydrogens (tertiary/aromatic N) is 1. The lowest BCUT2D eigenvalue weighted by molar-refractivity contribution is -0.142. The van der Waals surface area contributed by atoms with E-state index in [1.807, 2.05) is 6.07 Å². The van der Waals surface area contributed by atoms with Crippen LogP contribution in [-0.4, -0.2) is 48.3 Å². The van der Waals surface area contributed by atoms with E-state index in [4.69, 9.17) is 21.4 Å². The fraction of sp³-hybridized carbons (Fsp3) is 0.500. The monoisotopic (exact) mass is 318 g/mol. The van der Waals surface area contributed by atoms with Gasteiger partial charge in [0.15, 0.2) is 0 Å². The molecular weight excluding hydrogens is 304 g/mol. The van der Waals surface area contributed by atoms with E-state index in [1.165, 1.54) is 16.2 Å². The molecule has 1 aromatic rings. The average Bonchev–Trinajstić information content (AvgIpc) is 3.03. The summed E-state index contributed by atoms with van der Waals surface area (Å²) in [6, 6.07) is 2.84. The van der Waals surface area contributed by atoms with Crippen molar-refractivity contribution >= 4 is 34.9 Å². The average molecular weight is 319 g/mol. The first kappa shape index (κ1) is 15.1. The Labute approximate surface area is 125 Å². The summed E-state index contributed by atoms with van der Waals surface area (Å²) in [6.07, 6.45) is 0. The van der Waals surface area contributed by atoms with Crippen molar-refractivity contribution < 1.29 is 19.4 Å². The SMILES string of the molecule is CN(C(=O)NCc1ccc(Cl)s1)C1COCC1C(=O)O. The van der Waals surface area contributed by atoms with Crippen LogP contribution in [0.25, 0.3) is 0 Å². The van der Waals surface area contributed by atoms with Gasteiger partial charge in [0.25, 0.3) is 0 Å². The smallest absolute Gasteiger partial charge is 0.317 e. The number of thiophene rings is 1. The number of halogens is 1. The molecule has 8 heteroatoms. The van der Waals surface area contributed by atoms with Crippen molar-refractivity contribution in [3.05, 3.63) is 21.3 Å². The number of carbonyl (C=O) groups excluding carboxylic acids is 1. The third-order valence-corrected chi connectivity index (χ3v) is 4.46. The fourth-order valence-corrected chi connectivity index (χ4v) is 3.07. The van der Waals surface area contributed by atoms with Crippen LogP contribution in [0.5, 0.6) is 0 Å². The molecule has 2 rings (SSSR count). The van der Waals surface area contributed by atoms with Crippen molar-refractivity contribution in [2.75, 3.05) is 20.3 Å². The van der Waals surface area contributed by atoms with Gasteiger partial charge in [-0.1, -0.05) is 11.6 Å². The molecule has 0 saturated carbocycles. The molecule has 0 aliphatic carbocycles. The Kier molecular flexibility index (Phi) is 4.85. The van der Waals surface area contributed by atoms with Crippen LogP contribution in [0.3, 0.4) is 0 Å². The van der Waals surface area contributed by atoms with Crippen molar-refractivity contribution in [2.45, 2.75) is 12.6 Å². The number of amides is 2. The van der Waals surface area contributed by atoms with Crippen molar-refractivity contribution in [2.24, 2.45) is 5.92 Å². The summed E-state index contributed by atoms with van der Waals surface area (Å²) in [5.41, 5.74) is 0. The topological polar surface area (TPSA) is 78.9 Å². The van der Waals surface area contributed by atoms with Crippen molar-refractivity contribution in [3.63, 3.8) is 0 Å². The summed E-state index contributed by atoms with van der Waals surface area (Å²) in [5.74, 6) is -1.63. The summed E-state index contributed by atoms with van der Waals surface area (Å²) >= 11 is 7.20. The molecule has 2 unspecified atom stereocenters. The summed E-state index contributed by atoms with van der Waals surface area (Å²) in [4.78, 5) is 25.4. The van der Waals surface area contributed by atoms with Crippen LogP contribution in [-0.2, 0) is 16.1 Å². The molecule has 110 valence electrons. The maximum absolute atomic E-state index is 12.0. The molecule has 1 fully saturated rings. The number of hydrogen-bond acceptors (Lipinski definition) is 4. The standard InChI is InChI=1S/C12H15ClN2O4S/c1-15(9-6-19-5-8(9)11(16)17)12(18)14-4-7-2-3-10(13)20-7/h2-3,8-9H,4-6H2,1H3,(H,14,18)(H,16,17). The van der Waals surface area contributed by atoms with E-state index in [0.717, 1.165) is 4.88 Å². The van der Waals surface area contributed by atoms with Crippen LogP contribution in [0.1, 0.15) is 4.88 Å². The molecular formula is C12H15ClN2O4S. The van der Waals surface area contributed by atoms with Crippen LogP contribution in [0, 0.1) is 5.92 Å². The third-order valence-electron chi connectivity index (χ3n) is 3.23. The van der Waals surface area contributed by atoms with E-state index in [9.17, 15) is 9.59 Å². The minimum absolute atomic E-state index is 0.137. The van der Waals surface area contributed by atoms with Crippen molar-refractivity contribution in [1.82, 2.24) is 10.2 Å². The highest BCUT2D eigenvalue weighted by molar-refractivity contribution is 7.16. The Morgan fingerprint density at radius 2 is 2.30 bits per heavy atom. The molecule has 1 saturated heterocycles. The van der Waals surface area contributed by atoms with Gasteiger partial charge in [0.05, 0.1) is 30.1 Å². The van der Waals surface area contributed by atoms with Crippen molar-refractivity contribution in [1.29, 1.82) is 0 Å². The summed E-state index contributed by atoms with van der Waals surface area (Å²) in [7, 11) is 1.58. The van der Waals surface area contributed by atoms with Crippen LogP contribution >= 0.6 is 22.9 Å². The molecule has 2 N–H and O–H groups in total. The van der Waals surface area contributed by atoms with Crippen LogP contribution < -0.4 is 5.32 Å². The molecule has 2 amide bonds.